The fraction of sp³-hybridized carbons (Fsp3) is 0.300. The summed E-state index contributed by atoms with van der Waals surface area (Å²) in [5.74, 6) is -0.509. The molecule has 7 nitrogen and oxygen atoms in total. The third-order valence-corrected chi connectivity index (χ3v) is 4.82. The Morgan fingerprint density at radius 3 is 2.96 bits per heavy atom. The Morgan fingerprint density at radius 1 is 1.19 bits per heavy atom. The van der Waals surface area contributed by atoms with Crippen molar-refractivity contribution >= 4 is 22.6 Å². The van der Waals surface area contributed by atoms with Gasteiger partial charge in [0.1, 0.15) is 6.04 Å². The summed E-state index contributed by atoms with van der Waals surface area (Å²) in [5.41, 5.74) is 1.32. The van der Waals surface area contributed by atoms with E-state index < -0.39 is 6.04 Å². The Labute approximate surface area is 156 Å². The number of carbonyl (C=O) groups excluding carboxylic acids is 2. The summed E-state index contributed by atoms with van der Waals surface area (Å²) in [5, 5.41) is 15.9. The highest BCUT2D eigenvalue weighted by Gasteiger charge is 2.24. The van der Waals surface area contributed by atoms with Crippen molar-refractivity contribution in [1.82, 2.24) is 25.6 Å². The van der Waals surface area contributed by atoms with Crippen molar-refractivity contribution in [2.24, 2.45) is 0 Å². The molecular weight excluding hydrogens is 342 g/mol. The molecule has 1 aliphatic rings. The Kier molecular flexibility index (Phi) is 4.82. The van der Waals surface area contributed by atoms with Crippen LogP contribution in [0.5, 0.6) is 0 Å². The van der Waals surface area contributed by atoms with Crippen molar-refractivity contribution in [3.63, 3.8) is 0 Å². The van der Waals surface area contributed by atoms with Gasteiger partial charge in [-0.15, -0.1) is 5.10 Å². The van der Waals surface area contributed by atoms with Crippen LogP contribution >= 0.6 is 0 Å². The molecule has 1 saturated heterocycles. The molecule has 0 saturated carbocycles. The molecule has 1 atom stereocenters. The average Bonchev–Trinajstić information content (AvgIpc) is 3.06. The molecule has 0 unspecified atom stereocenters. The number of nitrogens with zero attached hydrogens (tertiary/aromatic N) is 3. The van der Waals surface area contributed by atoms with Gasteiger partial charge in [0, 0.05) is 6.54 Å². The second kappa shape index (κ2) is 7.57. The Bertz CT molecular complexity index is 976. The molecule has 0 spiro atoms. The summed E-state index contributed by atoms with van der Waals surface area (Å²) in [6, 6.07) is 13.8. The molecule has 2 N–H and O–H groups in total. The zero-order valence-corrected chi connectivity index (χ0v) is 14.9. The van der Waals surface area contributed by atoms with E-state index in [1.54, 1.807) is 10.9 Å². The standard InChI is InChI=1S/C20H21N5O2/c26-19-17(10-3-4-11-21-19)22-20(27)18-13-25(24-23-18)12-15-8-5-7-14-6-1-2-9-16(14)15/h1-2,5-9,13,17H,3-4,10-12H2,(H,21,26)(H,22,27)/t17-/m0/s1. The first-order valence-corrected chi connectivity index (χ1v) is 9.16. The van der Waals surface area contributed by atoms with Crippen LogP contribution < -0.4 is 10.6 Å². The van der Waals surface area contributed by atoms with Crippen molar-refractivity contribution in [3.8, 4) is 0 Å². The maximum Gasteiger partial charge on any atom is 0.274 e. The number of aromatic nitrogens is 3. The lowest BCUT2D eigenvalue weighted by Crippen LogP contribution is -2.45. The molecule has 0 bridgehead atoms. The smallest absolute Gasteiger partial charge is 0.274 e. The van der Waals surface area contributed by atoms with Gasteiger partial charge in [-0.25, -0.2) is 4.68 Å². The lowest BCUT2D eigenvalue weighted by atomic mass is 10.0. The third kappa shape index (κ3) is 3.81. The number of rotatable bonds is 4. The molecule has 2 amide bonds. The summed E-state index contributed by atoms with van der Waals surface area (Å²) in [6.07, 6.45) is 4.09. The maximum absolute atomic E-state index is 12.4. The van der Waals surface area contributed by atoms with Gasteiger partial charge in [0.15, 0.2) is 5.69 Å². The molecule has 0 radical (unpaired) electrons. The fourth-order valence-corrected chi connectivity index (χ4v) is 3.39. The van der Waals surface area contributed by atoms with E-state index in [0.717, 1.165) is 29.2 Å². The van der Waals surface area contributed by atoms with Crippen molar-refractivity contribution in [3.05, 3.63) is 59.9 Å². The predicted molar refractivity (Wildman–Crippen MR) is 101 cm³/mol. The number of fused-ring (bicyclic) bond motifs is 1. The number of hydrogen-bond donors (Lipinski definition) is 2. The number of carbonyl (C=O) groups is 2. The van der Waals surface area contributed by atoms with Gasteiger partial charge < -0.3 is 10.6 Å². The summed E-state index contributed by atoms with van der Waals surface area (Å²) >= 11 is 0. The van der Waals surface area contributed by atoms with E-state index in [1.807, 2.05) is 24.3 Å². The SMILES string of the molecule is O=C(N[C@H]1CCCCNC1=O)c1cn(Cc2cccc3ccccc23)nn1. The van der Waals surface area contributed by atoms with Crippen LogP contribution in [0.1, 0.15) is 35.3 Å². The average molecular weight is 363 g/mol. The van der Waals surface area contributed by atoms with Gasteiger partial charge in [0.25, 0.3) is 5.91 Å². The molecule has 2 heterocycles. The van der Waals surface area contributed by atoms with Gasteiger partial charge in [-0.3, -0.25) is 9.59 Å². The summed E-state index contributed by atoms with van der Waals surface area (Å²) in [7, 11) is 0. The predicted octanol–water partition coefficient (Wildman–Crippen LogP) is 1.88. The zero-order valence-electron chi connectivity index (χ0n) is 14.9. The van der Waals surface area contributed by atoms with E-state index in [1.165, 1.54) is 0 Å². The van der Waals surface area contributed by atoms with Gasteiger partial charge in [-0.1, -0.05) is 47.7 Å². The highest BCUT2D eigenvalue weighted by atomic mass is 16.2. The van der Waals surface area contributed by atoms with Crippen LogP contribution in [0.25, 0.3) is 10.8 Å². The van der Waals surface area contributed by atoms with Crippen LogP contribution in [0.2, 0.25) is 0 Å². The normalized spacial score (nSPS) is 17.3. The molecule has 1 aliphatic heterocycles. The molecule has 138 valence electrons. The zero-order chi connectivity index (χ0) is 18.6. The van der Waals surface area contributed by atoms with Crippen molar-refractivity contribution in [2.45, 2.75) is 31.8 Å². The highest BCUT2D eigenvalue weighted by Crippen LogP contribution is 2.19. The first-order chi connectivity index (χ1) is 13.2. The van der Waals surface area contributed by atoms with Gasteiger partial charge in [0.2, 0.25) is 5.91 Å². The van der Waals surface area contributed by atoms with Gasteiger partial charge in [-0.2, -0.15) is 0 Å². The highest BCUT2D eigenvalue weighted by molar-refractivity contribution is 5.95. The lowest BCUT2D eigenvalue weighted by Gasteiger charge is -2.13. The molecular formula is C20H21N5O2. The molecule has 27 heavy (non-hydrogen) atoms. The topological polar surface area (TPSA) is 88.9 Å². The number of amides is 2. The molecule has 7 heteroatoms. The molecule has 2 aromatic carbocycles. The van der Waals surface area contributed by atoms with Crippen molar-refractivity contribution in [1.29, 1.82) is 0 Å². The lowest BCUT2D eigenvalue weighted by molar-refractivity contribution is -0.122. The van der Waals surface area contributed by atoms with Crippen LogP contribution in [-0.4, -0.2) is 39.4 Å². The Morgan fingerprint density at radius 2 is 2.04 bits per heavy atom. The Balaban J connectivity index is 1.48. The minimum atomic E-state index is -0.511. The fourth-order valence-electron chi connectivity index (χ4n) is 3.39. The van der Waals surface area contributed by atoms with E-state index in [2.05, 4.69) is 39.1 Å². The van der Waals surface area contributed by atoms with E-state index >= 15 is 0 Å². The van der Waals surface area contributed by atoms with Crippen LogP contribution in [0.3, 0.4) is 0 Å². The molecule has 4 rings (SSSR count). The van der Waals surface area contributed by atoms with E-state index in [4.69, 9.17) is 0 Å². The van der Waals surface area contributed by atoms with Gasteiger partial charge in [-0.05, 0) is 35.6 Å². The van der Waals surface area contributed by atoms with E-state index in [-0.39, 0.29) is 17.5 Å². The van der Waals surface area contributed by atoms with E-state index in [9.17, 15) is 9.59 Å². The third-order valence-electron chi connectivity index (χ3n) is 4.82. The molecule has 3 aromatic rings. The van der Waals surface area contributed by atoms with Crippen molar-refractivity contribution in [2.75, 3.05) is 6.54 Å². The molecule has 0 aliphatic carbocycles. The number of benzene rings is 2. The second-order valence-corrected chi connectivity index (χ2v) is 6.75. The summed E-state index contributed by atoms with van der Waals surface area (Å²) < 4.78 is 1.64. The summed E-state index contributed by atoms with van der Waals surface area (Å²) in [4.78, 5) is 24.4. The minimum absolute atomic E-state index is 0.135. The second-order valence-electron chi connectivity index (χ2n) is 6.75. The number of hydrogen-bond acceptors (Lipinski definition) is 4. The van der Waals surface area contributed by atoms with E-state index in [0.29, 0.717) is 19.5 Å². The number of nitrogens with one attached hydrogen (secondary N) is 2. The maximum atomic E-state index is 12.4. The monoisotopic (exact) mass is 363 g/mol. The molecule has 1 fully saturated rings. The minimum Gasteiger partial charge on any atom is -0.354 e. The van der Waals surface area contributed by atoms with Crippen LogP contribution in [-0.2, 0) is 11.3 Å². The quantitative estimate of drug-likeness (QED) is 0.741. The van der Waals surface area contributed by atoms with Crippen molar-refractivity contribution < 1.29 is 9.59 Å². The Hall–Kier alpha value is -3.22. The molecule has 1 aromatic heterocycles. The van der Waals surface area contributed by atoms with Gasteiger partial charge in [0.05, 0.1) is 12.7 Å². The first-order valence-electron chi connectivity index (χ1n) is 9.16. The largest absolute Gasteiger partial charge is 0.354 e. The van der Waals surface area contributed by atoms with Crippen LogP contribution in [0.15, 0.2) is 48.7 Å². The van der Waals surface area contributed by atoms with Crippen LogP contribution in [0.4, 0.5) is 0 Å². The van der Waals surface area contributed by atoms with Crippen LogP contribution in [0, 0.1) is 0 Å². The van der Waals surface area contributed by atoms with Gasteiger partial charge >= 0.3 is 0 Å². The first kappa shape index (κ1) is 17.2. The summed E-state index contributed by atoms with van der Waals surface area (Å²) in [6.45, 7) is 1.18.